The summed E-state index contributed by atoms with van der Waals surface area (Å²) >= 11 is 3.53. The van der Waals surface area contributed by atoms with Gasteiger partial charge < -0.3 is 10.4 Å². The van der Waals surface area contributed by atoms with Gasteiger partial charge in [0.2, 0.25) is 0 Å². The van der Waals surface area contributed by atoms with Crippen LogP contribution in [-0.2, 0) is 0 Å². The highest BCUT2D eigenvalue weighted by Gasteiger charge is 2.30. The van der Waals surface area contributed by atoms with E-state index in [4.69, 9.17) is 0 Å². The molecule has 1 aromatic rings. The van der Waals surface area contributed by atoms with Gasteiger partial charge >= 0.3 is 0 Å². The lowest BCUT2D eigenvalue weighted by Gasteiger charge is -2.37. The van der Waals surface area contributed by atoms with Crippen molar-refractivity contribution in [1.29, 1.82) is 0 Å². The highest BCUT2D eigenvalue weighted by molar-refractivity contribution is 9.10. The van der Waals surface area contributed by atoms with E-state index >= 15 is 0 Å². The second-order valence-corrected chi connectivity index (χ2v) is 8.16. The predicted molar refractivity (Wildman–Crippen MR) is 88.0 cm³/mol. The molecule has 0 heterocycles. The Kier molecular flexibility index (Phi) is 5.27. The first-order valence-corrected chi connectivity index (χ1v) is 8.30. The van der Waals surface area contributed by atoms with E-state index in [9.17, 15) is 5.11 Å². The maximum atomic E-state index is 10.0. The molecule has 3 heteroatoms. The van der Waals surface area contributed by atoms with Crippen molar-refractivity contribution in [2.75, 3.05) is 6.54 Å². The summed E-state index contributed by atoms with van der Waals surface area (Å²) in [6, 6.07) is 9.16. The Hall–Kier alpha value is -0.380. The number of halogens is 1. The molecule has 112 valence electrons. The summed E-state index contributed by atoms with van der Waals surface area (Å²) in [6.45, 7) is 7.22. The van der Waals surface area contributed by atoms with E-state index in [1.807, 2.05) is 0 Å². The van der Waals surface area contributed by atoms with E-state index in [0.29, 0.717) is 18.5 Å². The molecule has 1 atom stereocenters. The van der Waals surface area contributed by atoms with Crippen LogP contribution in [0.2, 0.25) is 0 Å². The van der Waals surface area contributed by atoms with Gasteiger partial charge in [-0.2, -0.15) is 0 Å². The fraction of sp³-hybridized carbons (Fsp3) is 0.647. The van der Waals surface area contributed by atoms with Gasteiger partial charge in [-0.15, -0.1) is 0 Å². The lowest BCUT2D eigenvalue weighted by Crippen LogP contribution is -2.44. The van der Waals surface area contributed by atoms with Gasteiger partial charge in [0.05, 0.1) is 6.10 Å². The van der Waals surface area contributed by atoms with Crippen LogP contribution in [0.4, 0.5) is 0 Å². The molecular weight excluding hydrogens is 314 g/mol. The van der Waals surface area contributed by atoms with Crippen LogP contribution in [0.25, 0.3) is 0 Å². The summed E-state index contributed by atoms with van der Waals surface area (Å²) < 4.78 is 1.16. The molecule has 0 bridgehead atoms. The highest BCUT2D eigenvalue weighted by atomic mass is 79.9. The van der Waals surface area contributed by atoms with Crippen LogP contribution >= 0.6 is 15.9 Å². The number of benzene rings is 1. The number of nitrogens with one attached hydrogen (secondary N) is 1. The number of hydrogen-bond acceptors (Lipinski definition) is 2. The van der Waals surface area contributed by atoms with Crippen molar-refractivity contribution < 1.29 is 5.11 Å². The quantitative estimate of drug-likeness (QED) is 0.846. The molecule has 1 aliphatic rings. The monoisotopic (exact) mass is 339 g/mol. The molecule has 0 saturated heterocycles. The third-order valence-electron chi connectivity index (χ3n) is 3.95. The first-order chi connectivity index (χ1) is 9.33. The third-order valence-corrected chi connectivity index (χ3v) is 4.44. The summed E-state index contributed by atoms with van der Waals surface area (Å²) in [4.78, 5) is 0. The Balaban J connectivity index is 1.69. The van der Waals surface area contributed by atoms with Crippen LogP contribution in [0, 0.1) is 5.41 Å². The van der Waals surface area contributed by atoms with Gasteiger partial charge in [0, 0.05) is 17.1 Å². The van der Waals surface area contributed by atoms with Crippen molar-refractivity contribution in [2.24, 2.45) is 5.41 Å². The van der Waals surface area contributed by atoms with E-state index in [-0.39, 0.29) is 11.5 Å². The summed E-state index contributed by atoms with van der Waals surface area (Å²) in [5.41, 5.74) is 1.62. The van der Waals surface area contributed by atoms with Crippen molar-refractivity contribution in [1.82, 2.24) is 5.32 Å². The minimum Gasteiger partial charge on any atom is -0.392 e. The van der Waals surface area contributed by atoms with Crippen LogP contribution in [0.15, 0.2) is 28.7 Å². The molecule has 20 heavy (non-hydrogen) atoms. The van der Waals surface area contributed by atoms with Gasteiger partial charge in [0.15, 0.2) is 0 Å². The first-order valence-electron chi connectivity index (χ1n) is 7.50. The predicted octanol–water partition coefficient (Wildman–Crippen LogP) is 4.08. The van der Waals surface area contributed by atoms with Crippen LogP contribution < -0.4 is 5.32 Å². The standard InChI is InChI=1S/C17H26BrNO/c1-17(2,3)10-16(20)11-19-15-8-13(9-15)12-5-4-6-14(18)7-12/h4-7,13,15-16,19-20H,8-11H2,1-3H3. The molecule has 0 amide bonds. The van der Waals surface area contributed by atoms with Crippen LogP contribution in [0.5, 0.6) is 0 Å². The number of hydrogen-bond donors (Lipinski definition) is 2. The van der Waals surface area contributed by atoms with E-state index in [1.54, 1.807) is 0 Å². The van der Waals surface area contributed by atoms with E-state index < -0.39 is 0 Å². The minimum atomic E-state index is -0.236. The van der Waals surface area contributed by atoms with Gasteiger partial charge in [-0.1, -0.05) is 48.8 Å². The van der Waals surface area contributed by atoms with Crippen LogP contribution in [-0.4, -0.2) is 23.8 Å². The summed E-state index contributed by atoms with van der Waals surface area (Å²) in [5.74, 6) is 0.671. The molecular formula is C17H26BrNO. The van der Waals surface area contributed by atoms with Crippen LogP contribution in [0.3, 0.4) is 0 Å². The van der Waals surface area contributed by atoms with Crippen molar-refractivity contribution in [3.8, 4) is 0 Å². The fourth-order valence-corrected chi connectivity index (χ4v) is 3.32. The van der Waals surface area contributed by atoms with E-state index in [0.717, 1.165) is 10.9 Å². The molecule has 0 aromatic heterocycles. The van der Waals surface area contributed by atoms with Gasteiger partial charge in [-0.05, 0) is 48.3 Å². The zero-order chi connectivity index (χ0) is 14.8. The molecule has 1 saturated carbocycles. The number of aliphatic hydroxyl groups is 1. The Bertz CT molecular complexity index is 435. The maximum absolute atomic E-state index is 10.0. The Morgan fingerprint density at radius 3 is 2.65 bits per heavy atom. The molecule has 2 nitrogen and oxygen atoms in total. The molecule has 1 aromatic carbocycles. The van der Waals surface area contributed by atoms with Crippen molar-refractivity contribution in [3.63, 3.8) is 0 Å². The van der Waals surface area contributed by atoms with Crippen LogP contribution in [0.1, 0.15) is 51.5 Å². The van der Waals surface area contributed by atoms with Crippen molar-refractivity contribution >= 4 is 15.9 Å². The van der Waals surface area contributed by atoms with Gasteiger partial charge in [-0.25, -0.2) is 0 Å². The summed E-state index contributed by atoms with van der Waals surface area (Å²) in [5, 5.41) is 13.5. The number of aliphatic hydroxyl groups excluding tert-OH is 1. The topological polar surface area (TPSA) is 32.3 Å². The Morgan fingerprint density at radius 2 is 2.05 bits per heavy atom. The maximum Gasteiger partial charge on any atom is 0.0669 e. The molecule has 1 fully saturated rings. The lowest BCUT2D eigenvalue weighted by molar-refractivity contribution is 0.110. The molecule has 0 radical (unpaired) electrons. The molecule has 2 rings (SSSR count). The van der Waals surface area contributed by atoms with Gasteiger partial charge in [0.1, 0.15) is 0 Å². The Morgan fingerprint density at radius 1 is 1.35 bits per heavy atom. The molecule has 1 unspecified atom stereocenters. The smallest absolute Gasteiger partial charge is 0.0669 e. The summed E-state index contributed by atoms with van der Waals surface area (Å²) in [6.07, 6.45) is 2.97. The zero-order valence-electron chi connectivity index (χ0n) is 12.7. The normalized spacial score (nSPS) is 24.2. The van der Waals surface area contributed by atoms with Crippen molar-refractivity contribution in [3.05, 3.63) is 34.3 Å². The van der Waals surface area contributed by atoms with Gasteiger partial charge in [-0.3, -0.25) is 0 Å². The third kappa shape index (κ3) is 4.87. The lowest BCUT2D eigenvalue weighted by atomic mass is 9.76. The zero-order valence-corrected chi connectivity index (χ0v) is 14.3. The largest absolute Gasteiger partial charge is 0.392 e. The van der Waals surface area contributed by atoms with E-state index in [2.05, 4.69) is 66.3 Å². The average molecular weight is 340 g/mol. The SMILES string of the molecule is CC(C)(C)CC(O)CNC1CC(c2cccc(Br)c2)C1. The number of rotatable bonds is 5. The second-order valence-electron chi connectivity index (χ2n) is 7.25. The first kappa shape index (κ1) is 16.0. The fourth-order valence-electron chi connectivity index (χ4n) is 2.90. The second kappa shape index (κ2) is 6.59. The average Bonchev–Trinajstić information content (AvgIpc) is 2.24. The highest BCUT2D eigenvalue weighted by Crippen LogP contribution is 2.37. The van der Waals surface area contributed by atoms with E-state index in [1.165, 1.54) is 18.4 Å². The molecule has 0 aliphatic heterocycles. The Labute approximate surface area is 131 Å². The summed E-state index contributed by atoms with van der Waals surface area (Å²) in [7, 11) is 0. The molecule has 1 aliphatic carbocycles. The molecule has 0 spiro atoms. The minimum absolute atomic E-state index is 0.194. The molecule has 2 N–H and O–H groups in total. The van der Waals surface area contributed by atoms with Crippen molar-refractivity contribution in [2.45, 2.75) is 58.1 Å². The van der Waals surface area contributed by atoms with Gasteiger partial charge in [0.25, 0.3) is 0 Å².